The number of nitrogens with zero attached hydrogens (tertiary/aromatic N) is 2. The molecule has 0 saturated heterocycles. The Hall–Kier alpha value is -1.06. The highest BCUT2D eigenvalue weighted by molar-refractivity contribution is 6.35. The standard InChI is InChI=1S/C17H22ClN3/c18-13-5-4-6-14-15(13)21(12-7-8-12)16(20-14)17(11-19)9-2-1-3-10-17/h4-6,12H,1-3,7-11,19H2. The number of rotatable bonds is 3. The van der Waals surface area contributed by atoms with Crippen LogP contribution in [-0.4, -0.2) is 16.1 Å². The molecular weight excluding hydrogens is 282 g/mol. The number of aromatic nitrogens is 2. The van der Waals surface area contributed by atoms with Gasteiger partial charge in [0, 0.05) is 18.0 Å². The molecule has 4 heteroatoms. The molecule has 2 N–H and O–H groups in total. The van der Waals surface area contributed by atoms with Crippen LogP contribution in [0, 0.1) is 0 Å². The summed E-state index contributed by atoms with van der Waals surface area (Å²) >= 11 is 6.48. The van der Waals surface area contributed by atoms with Crippen LogP contribution in [0.3, 0.4) is 0 Å². The molecule has 0 atom stereocenters. The van der Waals surface area contributed by atoms with Gasteiger partial charge in [-0.1, -0.05) is 36.9 Å². The fourth-order valence-corrected chi connectivity index (χ4v) is 4.18. The van der Waals surface area contributed by atoms with Gasteiger partial charge < -0.3 is 10.3 Å². The maximum atomic E-state index is 6.48. The SMILES string of the molecule is NCC1(c2nc3cccc(Cl)c3n2C2CC2)CCCCC1. The summed E-state index contributed by atoms with van der Waals surface area (Å²) in [6, 6.07) is 6.63. The van der Waals surface area contributed by atoms with Crippen molar-refractivity contribution in [1.29, 1.82) is 0 Å². The Kier molecular flexibility index (Phi) is 3.23. The number of imidazole rings is 1. The molecule has 2 aliphatic carbocycles. The highest BCUT2D eigenvalue weighted by Gasteiger charge is 2.40. The number of halogens is 1. The number of hydrogen-bond donors (Lipinski definition) is 1. The second-order valence-corrected chi connectivity index (χ2v) is 7.10. The molecule has 0 aliphatic heterocycles. The molecule has 1 aromatic heterocycles. The summed E-state index contributed by atoms with van der Waals surface area (Å²) in [6.45, 7) is 0.695. The first kappa shape index (κ1) is 13.6. The van der Waals surface area contributed by atoms with E-state index in [1.165, 1.54) is 37.9 Å². The maximum absolute atomic E-state index is 6.48. The second-order valence-electron chi connectivity index (χ2n) is 6.69. The Bertz CT molecular complexity index is 666. The topological polar surface area (TPSA) is 43.8 Å². The first-order valence-electron chi connectivity index (χ1n) is 8.12. The van der Waals surface area contributed by atoms with Crippen LogP contribution in [0.4, 0.5) is 0 Å². The molecule has 0 unspecified atom stereocenters. The van der Waals surface area contributed by atoms with Crippen molar-refractivity contribution in [2.75, 3.05) is 6.54 Å². The van der Waals surface area contributed by atoms with Crippen molar-refractivity contribution in [3.8, 4) is 0 Å². The highest BCUT2D eigenvalue weighted by atomic mass is 35.5. The van der Waals surface area contributed by atoms with Crippen molar-refractivity contribution in [1.82, 2.24) is 9.55 Å². The zero-order chi connectivity index (χ0) is 14.4. The largest absolute Gasteiger partial charge is 0.329 e. The van der Waals surface area contributed by atoms with Crippen molar-refractivity contribution in [3.63, 3.8) is 0 Å². The molecule has 4 rings (SSSR count). The van der Waals surface area contributed by atoms with Crippen LogP contribution < -0.4 is 5.73 Å². The number of para-hydroxylation sites is 1. The summed E-state index contributed by atoms with van der Waals surface area (Å²) in [7, 11) is 0. The molecule has 21 heavy (non-hydrogen) atoms. The molecule has 0 amide bonds. The Morgan fingerprint density at radius 2 is 2.00 bits per heavy atom. The van der Waals surface area contributed by atoms with Crippen molar-refractivity contribution in [2.45, 2.75) is 56.4 Å². The van der Waals surface area contributed by atoms with Crippen LogP contribution in [0.2, 0.25) is 5.02 Å². The van der Waals surface area contributed by atoms with E-state index in [2.05, 4.69) is 10.6 Å². The summed E-state index contributed by atoms with van der Waals surface area (Å²) in [5.74, 6) is 1.20. The number of fused-ring (bicyclic) bond motifs is 1. The third kappa shape index (κ3) is 2.09. The van der Waals surface area contributed by atoms with E-state index in [1.807, 2.05) is 12.1 Å². The molecular formula is C17H22ClN3. The Morgan fingerprint density at radius 1 is 1.24 bits per heavy atom. The van der Waals surface area contributed by atoms with Crippen LogP contribution in [0.1, 0.15) is 56.8 Å². The van der Waals surface area contributed by atoms with Gasteiger partial charge in [0.05, 0.1) is 16.1 Å². The van der Waals surface area contributed by atoms with Gasteiger partial charge in [-0.15, -0.1) is 0 Å². The molecule has 112 valence electrons. The monoisotopic (exact) mass is 303 g/mol. The average Bonchev–Trinajstić information content (AvgIpc) is 3.28. The lowest BCUT2D eigenvalue weighted by atomic mass is 9.73. The average molecular weight is 304 g/mol. The van der Waals surface area contributed by atoms with E-state index in [-0.39, 0.29) is 5.41 Å². The molecule has 1 heterocycles. The lowest BCUT2D eigenvalue weighted by Crippen LogP contribution is -2.39. The smallest absolute Gasteiger partial charge is 0.117 e. The zero-order valence-electron chi connectivity index (χ0n) is 12.3. The predicted molar refractivity (Wildman–Crippen MR) is 86.8 cm³/mol. The van der Waals surface area contributed by atoms with Crippen molar-refractivity contribution >= 4 is 22.6 Å². The van der Waals surface area contributed by atoms with E-state index in [0.29, 0.717) is 12.6 Å². The van der Waals surface area contributed by atoms with Gasteiger partial charge in [-0.2, -0.15) is 0 Å². The molecule has 0 spiro atoms. The second kappa shape index (κ2) is 4.99. The van der Waals surface area contributed by atoms with Crippen LogP contribution in [-0.2, 0) is 5.41 Å². The van der Waals surface area contributed by atoms with Gasteiger partial charge in [-0.25, -0.2) is 4.98 Å². The summed E-state index contributed by atoms with van der Waals surface area (Å²) in [5, 5.41) is 0.820. The van der Waals surface area contributed by atoms with Gasteiger partial charge in [0.15, 0.2) is 0 Å². The molecule has 2 aliphatic rings. The molecule has 2 fully saturated rings. The van der Waals surface area contributed by atoms with Gasteiger partial charge in [0.1, 0.15) is 5.82 Å². The van der Waals surface area contributed by atoms with Crippen LogP contribution in [0.15, 0.2) is 18.2 Å². The van der Waals surface area contributed by atoms with Crippen LogP contribution in [0.25, 0.3) is 11.0 Å². The van der Waals surface area contributed by atoms with Gasteiger partial charge in [0.2, 0.25) is 0 Å². The van der Waals surface area contributed by atoms with Gasteiger partial charge in [0.25, 0.3) is 0 Å². The first-order valence-corrected chi connectivity index (χ1v) is 8.50. The Morgan fingerprint density at radius 3 is 2.67 bits per heavy atom. The molecule has 0 bridgehead atoms. The third-order valence-electron chi connectivity index (χ3n) is 5.25. The zero-order valence-corrected chi connectivity index (χ0v) is 13.1. The van der Waals surface area contributed by atoms with E-state index in [4.69, 9.17) is 22.3 Å². The third-order valence-corrected chi connectivity index (χ3v) is 5.55. The van der Waals surface area contributed by atoms with Crippen molar-refractivity contribution < 1.29 is 0 Å². The summed E-state index contributed by atoms with van der Waals surface area (Å²) in [6.07, 6.45) is 8.66. The number of nitrogens with two attached hydrogens (primary N) is 1. The summed E-state index contributed by atoms with van der Waals surface area (Å²) in [5.41, 5.74) is 8.44. The van der Waals surface area contributed by atoms with E-state index >= 15 is 0 Å². The van der Waals surface area contributed by atoms with E-state index in [1.54, 1.807) is 0 Å². The Balaban J connectivity index is 1.95. The number of hydrogen-bond acceptors (Lipinski definition) is 2. The van der Waals surface area contributed by atoms with Crippen LogP contribution in [0.5, 0.6) is 0 Å². The minimum Gasteiger partial charge on any atom is -0.329 e. The van der Waals surface area contributed by atoms with E-state index < -0.39 is 0 Å². The molecule has 2 aromatic rings. The lowest BCUT2D eigenvalue weighted by molar-refractivity contribution is 0.278. The van der Waals surface area contributed by atoms with E-state index in [0.717, 1.165) is 28.9 Å². The lowest BCUT2D eigenvalue weighted by Gasteiger charge is -2.36. The normalized spacial score (nSPS) is 21.8. The van der Waals surface area contributed by atoms with Crippen molar-refractivity contribution in [2.24, 2.45) is 5.73 Å². The minimum atomic E-state index is 0.0587. The Labute approximate surface area is 130 Å². The fourth-order valence-electron chi connectivity index (χ4n) is 3.92. The summed E-state index contributed by atoms with van der Waals surface area (Å²) < 4.78 is 2.43. The van der Waals surface area contributed by atoms with Crippen LogP contribution >= 0.6 is 11.6 Å². The quantitative estimate of drug-likeness (QED) is 0.924. The maximum Gasteiger partial charge on any atom is 0.117 e. The van der Waals surface area contributed by atoms with Gasteiger partial charge >= 0.3 is 0 Å². The fraction of sp³-hybridized carbons (Fsp3) is 0.588. The first-order chi connectivity index (χ1) is 10.2. The van der Waals surface area contributed by atoms with Gasteiger partial charge in [-0.05, 0) is 37.8 Å². The van der Waals surface area contributed by atoms with Gasteiger partial charge in [-0.3, -0.25) is 0 Å². The molecule has 2 saturated carbocycles. The molecule has 0 radical (unpaired) electrons. The summed E-state index contributed by atoms with van der Waals surface area (Å²) in [4.78, 5) is 5.00. The highest BCUT2D eigenvalue weighted by Crippen LogP contribution is 2.46. The van der Waals surface area contributed by atoms with Crippen molar-refractivity contribution in [3.05, 3.63) is 29.0 Å². The minimum absolute atomic E-state index is 0.0587. The predicted octanol–water partition coefficient (Wildman–Crippen LogP) is 4.19. The van der Waals surface area contributed by atoms with E-state index in [9.17, 15) is 0 Å². The molecule has 3 nitrogen and oxygen atoms in total. The number of benzene rings is 1. The molecule has 1 aromatic carbocycles.